The van der Waals surface area contributed by atoms with Gasteiger partial charge in [-0.25, -0.2) is 0 Å². The Bertz CT molecular complexity index is 99.0. The summed E-state index contributed by atoms with van der Waals surface area (Å²) in [6.45, 7) is 9.90. The molecule has 0 aliphatic heterocycles. The van der Waals surface area contributed by atoms with Gasteiger partial charge in [0.05, 0.1) is 0 Å². The first-order valence-corrected chi connectivity index (χ1v) is 4.74. The summed E-state index contributed by atoms with van der Waals surface area (Å²) in [5.74, 6) is 0.773. The maximum Gasteiger partial charge on any atom is -0.00231 e. The summed E-state index contributed by atoms with van der Waals surface area (Å²) in [5, 5.41) is 0. The van der Waals surface area contributed by atoms with Gasteiger partial charge in [-0.2, -0.15) is 0 Å². The molecule has 0 bridgehead atoms. The van der Waals surface area contributed by atoms with Gasteiger partial charge >= 0.3 is 0 Å². The first-order chi connectivity index (χ1) is 5.04. The molecule has 0 heterocycles. The summed E-state index contributed by atoms with van der Waals surface area (Å²) < 4.78 is 0. The molecule has 0 rings (SSSR count). The molecule has 0 aliphatic carbocycles. The second kappa shape index (κ2) is 4.76. The zero-order valence-corrected chi connectivity index (χ0v) is 8.48. The Morgan fingerprint density at radius 2 is 1.91 bits per heavy atom. The van der Waals surface area contributed by atoms with Crippen LogP contribution >= 0.6 is 0 Å². The minimum Gasteiger partial charge on any atom is -0.330 e. The summed E-state index contributed by atoms with van der Waals surface area (Å²) in [6.07, 6.45) is 3.78. The molecule has 0 fully saturated rings. The molecular formula is C10H23N. The summed E-state index contributed by atoms with van der Waals surface area (Å²) in [6, 6.07) is 0. The highest BCUT2D eigenvalue weighted by molar-refractivity contribution is 4.75. The van der Waals surface area contributed by atoms with Gasteiger partial charge in [0.15, 0.2) is 0 Å². The van der Waals surface area contributed by atoms with E-state index in [1.54, 1.807) is 0 Å². The molecule has 11 heavy (non-hydrogen) atoms. The van der Waals surface area contributed by atoms with Crippen LogP contribution in [0.2, 0.25) is 0 Å². The van der Waals surface area contributed by atoms with Gasteiger partial charge in [-0.15, -0.1) is 0 Å². The van der Waals surface area contributed by atoms with Gasteiger partial charge < -0.3 is 5.73 Å². The molecule has 2 N–H and O–H groups in total. The standard InChI is InChI=1S/C10H23N/c1-5-6-10(4,8-11)7-9(2)3/h9H,5-8,11H2,1-4H3. The summed E-state index contributed by atoms with van der Waals surface area (Å²) in [7, 11) is 0. The van der Waals surface area contributed by atoms with E-state index in [-0.39, 0.29) is 0 Å². The van der Waals surface area contributed by atoms with E-state index in [1.807, 2.05) is 0 Å². The molecule has 0 aromatic carbocycles. The number of rotatable bonds is 5. The minimum atomic E-state index is 0.392. The van der Waals surface area contributed by atoms with Gasteiger partial charge in [0.25, 0.3) is 0 Å². The number of nitrogens with two attached hydrogens (primary N) is 1. The summed E-state index contributed by atoms with van der Waals surface area (Å²) in [4.78, 5) is 0. The molecule has 0 saturated carbocycles. The highest BCUT2D eigenvalue weighted by Gasteiger charge is 2.22. The van der Waals surface area contributed by atoms with Crippen LogP contribution < -0.4 is 5.73 Å². The van der Waals surface area contributed by atoms with Crippen LogP contribution in [0.1, 0.15) is 47.0 Å². The molecule has 0 saturated heterocycles. The first kappa shape index (κ1) is 11.0. The Labute approximate surface area is 71.4 Å². The third-order valence-electron chi connectivity index (χ3n) is 2.25. The van der Waals surface area contributed by atoms with Gasteiger partial charge in [-0.05, 0) is 30.7 Å². The van der Waals surface area contributed by atoms with E-state index in [4.69, 9.17) is 5.73 Å². The Morgan fingerprint density at radius 3 is 2.18 bits per heavy atom. The Balaban J connectivity index is 3.87. The molecule has 0 spiro atoms. The van der Waals surface area contributed by atoms with Crippen LogP contribution in [0.3, 0.4) is 0 Å². The fraction of sp³-hybridized carbons (Fsp3) is 1.00. The van der Waals surface area contributed by atoms with Crippen LogP contribution in [-0.4, -0.2) is 6.54 Å². The van der Waals surface area contributed by atoms with Crippen molar-refractivity contribution in [2.24, 2.45) is 17.1 Å². The first-order valence-electron chi connectivity index (χ1n) is 4.74. The highest BCUT2D eigenvalue weighted by atomic mass is 14.6. The molecule has 0 aliphatic rings. The molecule has 0 aromatic heterocycles. The van der Waals surface area contributed by atoms with Gasteiger partial charge in [0, 0.05) is 0 Å². The van der Waals surface area contributed by atoms with Crippen molar-refractivity contribution in [2.45, 2.75) is 47.0 Å². The summed E-state index contributed by atoms with van der Waals surface area (Å²) in [5.41, 5.74) is 6.13. The smallest absolute Gasteiger partial charge is 0.00231 e. The lowest BCUT2D eigenvalue weighted by molar-refractivity contribution is 0.243. The van der Waals surface area contributed by atoms with Crippen molar-refractivity contribution in [2.75, 3.05) is 6.54 Å². The predicted molar refractivity (Wildman–Crippen MR) is 51.5 cm³/mol. The largest absolute Gasteiger partial charge is 0.330 e. The van der Waals surface area contributed by atoms with Crippen molar-refractivity contribution < 1.29 is 0 Å². The third kappa shape index (κ3) is 4.41. The van der Waals surface area contributed by atoms with E-state index in [0.717, 1.165) is 12.5 Å². The quantitative estimate of drug-likeness (QED) is 0.652. The maximum absolute atomic E-state index is 5.74. The lowest BCUT2D eigenvalue weighted by Gasteiger charge is -2.29. The fourth-order valence-electron chi connectivity index (χ4n) is 1.88. The average Bonchev–Trinajstić information content (AvgIpc) is 1.87. The zero-order chi connectivity index (χ0) is 8.91. The van der Waals surface area contributed by atoms with Crippen molar-refractivity contribution >= 4 is 0 Å². The minimum absolute atomic E-state index is 0.392. The van der Waals surface area contributed by atoms with Crippen molar-refractivity contribution in [1.82, 2.24) is 0 Å². The normalized spacial score (nSPS) is 16.9. The molecule has 0 aromatic rings. The van der Waals surface area contributed by atoms with E-state index < -0.39 is 0 Å². The van der Waals surface area contributed by atoms with Crippen LogP contribution in [0, 0.1) is 11.3 Å². The molecule has 0 amide bonds. The molecular weight excluding hydrogens is 134 g/mol. The fourth-order valence-corrected chi connectivity index (χ4v) is 1.88. The van der Waals surface area contributed by atoms with Gasteiger partial charge in [-0.3, -0.25) is 0 Å². The molecule has 68 valence electrons. The maximum atomic E-state index is 5.74. The van der Waals surface area contributed by atoms with E-state index in [0.29, 0.717) is 5.41 Å². The van der Waals surface area contributed by atoms with Crippen LogP contribution in [0.4, 0.5) is 0 Å². The Morgan fingerprint density at radius 1 is 1.36 bits per heavy atom. The molecule has 1 unspecified atom stereocenters. The second-order valence-electron chi connectivity index (χ2n) is 4.36. The number of hydrogen-bond donors (Lipinski definition) is 1. The van der Waals surface area contributed by atoms with Crippen LogP contribution in [0.25, 0.3) is 0 Å². The Kier molecular flexibility index (Phi) is 4.74. The van der Waals surface area contributed by atoms with E-state index in [2.05, 4.69) is 27.7 Å². The van der Waals surface area contributed by atoms with Crippen LogP contribution in [0.5, 0.6) is 0 Å². The van der Waals surface area contributed by atoms with Crippen molar-refractivity contribution in [3.05, 3.63) is 0 Å². The van der Waals surface area contributed by atoms with E-state index in [1.165, 1.54) is 19.3 Å². The van der Waals surface area contributed by atoms with Gasteiger partial charge in [-0.1, -0.05) is 34.1 Å². The Hall–Kier alpha value is -0.0400. The molecule has 1 nitrogen and oxygen atoms in total. The number of hydrogen-bond acceptors (Lipinski definition) is 1. The van der Waals surface area contributed by atoms with Gasteiger partial charge in [0.2, 0.25) is 0 Å². The average molecular weight is 157 g/mol. The van der Waals surface area contributed by atoms with Crippen LogP contribution in [0.15, 0.2) is 0 Å². The lowest BCUT2D eigenvalue weighted by Crippen LogP contribution is -2.28. The zero-order valence-electron chi connectivity index (χ0n) is 8.48. The second-order valence-corrected chi connectivity index (χ2v) is 4.36. The predicted octanol–water partition coefficient (Wildman–Crippen LogP) is 2.80. The SMILES string of the molecule is CCCC(C)(CN)CC(C)C. The van der Waals surface area contributed by atoms with Crippen LogP contribution in [-0.2, 0) is 0 Å². The third-order valence-corrected chi connectivity index (χ3v) is 2.25. The molecule has 1 atom stereocenters. The monoisotopic (exact) mass is 157 g/mol. The highest BCUT2D eigenvalue weighted by Crippen LogP contribution is 2.29. The molecule has 0 radical (unpaired) electrons. The van der Waals surface area contributed by atoms with E-state index >= 15 is 0 Å². The molecule has 1 heteroatoms. The topological polar surface area (TPSA) is 26.0 Å². The lowest BCUT2D eigenvalue weighted by atomic mass is 9.78. The van der Waals surface area contributed by atoms with Crippen molar-refractivity contribution in [1.29, 1.82) is 0 Å². The van der Waals surface area contributed by atoms with Crippen molar-refractivity contribution in [3.8, 4) is 0 Å². The summed E-state index contributed by atoms with van der Waals surface area (Å²) >= 11 is 0. The van der Waals surface area contributed by atoms with Gasteiger partial charge in [0.1, 0.15) is 0 Å². The van der Waals surface area contributed by atoms with E-state index in [9.17, 15) is 0 Å². The van der Waals surface area contributed by atoms with Crippen molar-refractivity contribution in [3.63, 3.8) is 0 Å².